The monoisotopic (exact) mass is 353 g/mol. The van der Waals surface area contributed by atoms with Gasteiger partial charge in [-0.2, -0.15) is 0 Å². The van der Waals surface area contributed by atoms with Crippen molar-refractivity contribution in [1.29, 1.82) is 0 Å². The van der Waals surface area contributed by atoms with Crippen LogP contribution in [0, 0.1) is 0 Å². The molecule has 4 rings (SSSR count). The number of hydrogen-bond donors (Lipinski definition) is 1. The van der Waals surface area contributed by atoms with Gasteiger partial charge in [0.15, 0.2) is 5.79 Å². The lowest BCUT2D eigenvalue weighted by Crippen LogP contribution is -2.54. The van der Waals surface area contributed by atoms with Crippen LogP contribution in [-0.2, 0) is 23.9 Å². The molecular formula is C17H23NO5S. The molecule has 24 heavy (non-hydrogen) atoms. The van der Waals surface area contributed by atoms with Crippen LogP contribution in [0.25, 0.3) is 0 Å². The summed E-state index contributed by atoms with van der Waals surface area (Å²) in [5, 5.41) is 11.2. The maximum Gasteiger partial charge on any atom is 0.164 e. The smallest absolute Gasteiger partial charge is 0.164 e. The summed E-state index contributed by atoms with van der Waals surface area (Å²) in [5.74, 6) is -0.647. The third-order valence-electron chi connectivity index (χ3n) is 5.09. The number of nitrogens with zero attached hydrogens (tertiary/aromatic N) is 1. The van der Waals surface area contributed by atoms with Crippen LogP contribution in [0.4, 0.5) is 0 Å². The zero-order valence-electron chi connectivity index (χ0n) is 14.0. The summed E-state index contributed by atoms with van der Waals surface area (Å²) in [6.45, 7) is 3.72. The molecule has 6 nitrogen and oxygen atoms in total. The highest BCUT2D eigenvalue weighted by molar-refractivity contribution is 7.93. The van der Waals surface area contributed by atoms with Crippen LogP contribution < -0.4 is 0 Å². The summed E-state index contributed by atoms with van der Waals surface area (Å²) in [6, 6.07) is 9.09. The first-order chi connectivity index (χ1) is 11.3. The quantitative estimate of drug-likeness (QED) is 0.892. The topological polar surface area (TPSA) is 77.4 Å². The molecular weight excluding hydrogens is 330 g/mol. The average molecular weight is 353 g/mol. The Morgan fingerprint density at radius 2 is 1.92 bits per heavy atom. The Morgan fingerprint density at radius 3 is 2.58 bits per heavy atom. The van der Waals surface area contributed by atoms with Gasteiger partial charge in [-0.05, 0) is 26.0 Å². The maximum absolute atomic E-state index is 13.4. The molecule has 3 aliphatic heterocycles. The molecule has 2 bridgehead atoms. The Hall–Kier alpha value is -0.990. The van der Waals surface area contributed by atoms with E-state index in [0.717, 1.165) is 0 Å². The molecule has 0 spiro atoms. The molecule has 0 aliphatic carbocycles. The highest BCUT2D eigenvalue weighted by Gasteiger charge is 2.67. The molecule has 1 aromatic carbocycles. The Balaban J connectivity index is 1.63. The van der Waals surface area contributed by atoms with Crippen LogP contribution in [0.2, 0.25) is 0 Å². The molecule has 3 aliphatic rings. The third-order valence-corrected chi connectivity index (χ3v) is 7.58. The third kappa shape index (κ3) is 2.42. The first-order valence-electron chi connectivity index (χ1n) is 8.18. The highest BCUT2D eigenvalue weighted by atomic mass is 32.2. The average Bonchev–Trinajstić information content (AvgIpc) is 3.14. The van der Waals surface area contributed by atoms with E-state index in [0.29, 0.717) is 11.3 Å². The molecule has 3 saturated heterocycles. The standard InChI is InChI=1S/C17H23NO5S/c1-16(2)22-13-12-9-17(19,15(21-12)14(13)23-16)10-24(20,18-3)11-7-5-4-6-8-11/h4-8,12-15,19H,9-10H2,1-3H3/t12?,13?,14?,15?,17-,24?/m1/s1. The van der Waals surface area contributed by atoms with Crippen molar-refractivity contribution in [2.45, 2.75) is 61.0 Å². The first kappa shape index (κ1) is 16.5. The normalized spacial score (nSPS) is 41.8. The van der Waals surface area contributed by atoms with E-state index in [2.05, 4.69) is 4.36 Å². The Labute approximate surface area is 142 Å². The van der Waals surface area contributed by atoms with Gasteiger partial charge >= 0.3 is 0 Å². The van der Waals surface area contributed by atoms with Gasteiger partial charge in [-0.3, -0.25) is 0 Å². The fourth-order valence-corrected chi connectivity index (χ4v) is 6.16. The SMILES string of the molecule is CN=S(=O)(C[C@]1(O)CC2OC1C1OC(C)(C)OC21)c1ccccc1. The first-order valence-corrected chi connectivity index (χ1v) is 9.86. The van der Waals surface area contributed by atoms with E-state index in [4.69, 9.17) is 14.2 Å². The Bertz CT molecular complexity index is 758. The van der Waals surface area contributed by atoms with Crippen LogP contribution >= 0.6 is 0 Å². The van der Waals surface area contributed by atoms with Crippen molar-refractivity contribution in [1.82, 2.24) is 0 Å². The summed E-state index contributed by atoms with van der Waals surface area (Å²) < 4.78 is 35.2. The number of hydrogen-bond acceptors (Lipinski definition) is 6. The number of rotatable bonds is 3. The second kappa shape index (κ2) is 5.25. The second-order valence-corrected chi connectivity index (χ2v) is 9.65. The molecule has 7 heteroatoms. The van der Waals surface area contributed by atoms with E-state index in [1.807, 2.05) is 32.0 Å². The molecule has 0 radical (unpaired) electrons. The van der Waals surface area contributed by atoms with E-state index in [9.17, 15) is 9.32 Å². The number of benzene rings is 1. The van der Waals surface area contributed by atoms with Gasteiger partial charge in [0.05, 0.1) is 21.6 Å². The minimum absolute atomic E-state index is 0.0364. The minimum atomic E-state index is -2.73. The van der Waals surface area contributed by atoms with Gasteiger partial charge in [0, 0.05) is 18.4 Å². The van der Waals surface area contributed by atoms with E-state index < -0.39 is 27.2 Å². The maximum atomic E-state index is 13.4. The molecule has 0 aromatic heterocycles. The minimum Gasteiger partial charge on any atom is -0.386 e. The lowest BCUT2D eigenvalue weighted by molar-refractivity contribution is -0.183. The van der Waals surface area contributed by atoms with Crippen LogP contribution in [0.3, 0.4) is 0 Å². The Kier molecular flexibility index (Phi) is 3.61. The highest BCUT2D eigenvalue weighted by Crippen LogP contribution is 2.50. The van der Waals surface area contributed by atoms with Crippen molar-refractivity contribution in [3.05, 3.63) is 30.3 Å². The number of ether oxygens (including phenoxy) is 3. The van der Waals surface area contributed by atoms with Crippen LogP contribution in [0.5, 0.6) is 0 Å². The van der Waals surface area contributed by atoms with Gasteiger partial charge in [0.2, 0.25) is 0 Å². The fraction of sp³-hybridized carbons (Fsp3) is 0.647. The molecule has 0 saturated carbocycles. The second-order valence-electron chi connectivity index (χ2n) is 7.25. The van der Waals surface area contributed by atoms with Crippen molar-refractivity contribution < 1.29 is 23.5 Å². The summed E-state index contributed by atoms with van der Waals surface area (Å²) in [5.41, 5.74) is -1.23. The summed E-state index contributed by atoms with van der Waals surface area (Å²) in [6.07, 6.45) is -0.891. The molecule has 1 aromatic rings. The lowest BCUT2D eigenvalue weighted by atomic mass is 9.83. The molecule has 3 fully saturated rings. The van der Waals surface area contributed by atoms with Gasteiger partial charge in [0.1, 0.15) is 23.9 Å². The van der Waals surface area contributed by atoms with Crippen LogP contribution in [0.1, 0.15) is 20.3 Å². The molecule has 132 valence electrons. The van der Waals surface area contributed by atoms with Crippen molar-refractivity contribution in [2.24, 2.45) is 4.36 Å². The Morgan fingerprint density at radius 1 is 1.25 bits per heavy atom. The van der Waals surface area contributed by atoms with Gasteiger partial charge < -0.3 is 19.3 Å². The van der Waals surface area contributed by atoms with E-state index in [1.54, 1.807) is 12.1 Å². The molecule has 6 atom stereocenters. The molecule has 1 N–H and O–H groups in total. The zero-order chi connectivity index (χ0) is 17.2. The lowest BCUT2D eigenvalue weighted by Gasteiger charge is -2.34. The number of aliphatic hydroxyl groups is 1. The van der Waals surface area contributed by atoms with Crippen molar-refractivity contribution in [2.75, 3.05) is 12.8 Å². The summed E-state index contributed by atoms with van der Waals surface area (Å²) in [4.78, 5) is 0.629. The zero-order valence-corrected chi connectivity index (χ0v) is 14.9. The van der Waals surface area contributed by atoms with Crippen molar-refractivity contribution >= 4 is 9.73 Å². The molecule has 5 unspecified atom stereocenters. The predicted molar refractivity (Wildman–Crippen MR) is 88.1 cm³/mol. The van der Waals surface area contributed by atoms with E-state index >= 15 is 0 Å². The van der Waals surface area contributed by atoms with E-state index in [1.165, 1.54) is 7.05 Å². The fourth-order valence-electron chi connectivity index (χ4n) is 4.11. The van der Waals surface area contributed by atoms with Gasteiger partial charge in [-0.15, -0.1) is 0 Å². The van der Waals surface area contributed by atoms with E-state index in [-0.39, 0.29) is 24.1 Å². The largest absolute Gasteiger partial charge is 0.386 e. The van der Waals surface area contributed by atoms with Crippen LogP contribution in [-0.4, -0.2) is 57.9 Å². The van der Waals surface area contributed by atoms with Crippen molar-refractivity contribution in [3.8, 4) is 0 Å². The van der Waals surface area contributed by atoms with Crippen molar-refractivity contribution in [3.63, 3.8) is 0 Å². The molecule has 0 amide bonds. The number of fused-ring (bicyclic) bond motifs is 5. The van der Waals surface area contributed by atoms with Gasteiger partial charge in [0.25, 0.3) is 0 Å². The van der Waals surface area contributed by atoms with Gasteiger partial charge in [-0.25, -0.2) is 8.57 Å². The molecule has 3 heterocycles. The summed E-state index contributed by atoms with van der Waals surface area (Å²) >= 11 is 0. The van der Waals surface area contributed by atoms with Crippen LogP contribution in [0.15, 0.2) is 39.6 Å². The summed E-state index contributed by atoms with van der Waals surface area (Å²) in [7, 11) is -1.19. The van der Waals surface area contributed by atoms with Gasteiger partial charge in [-0.1, -0.05) is 18.2 Å². The predicted octanol–water partition coefficient (Wildman–Crippen LogP) is 1.57.